The molecule has 1 N–H and O–H groups in total. The van der Waals surface area contributed by atoms with Crippen molar-refractivity contribution in [2.75, 3.05) is 18.5 Å². The van der Waals surface area contributed by atoms with Gasteiger partial charge in [0, 0.05) is 22.7 Å². The minimum atomic E-state index is 0.0569. The van der Waals surface area contributed by atoms with E-state index in [1.807, 2.05) is 19.1 Å². The van der Waals surface area contributed by atoms with Crippen LogP contribution in [0.1, 0.15) is 18.5 Å². The lowest BCUT2D eigenvalue weighted by molar-refractivity contribution is -0.122. The lowest BCUT2D eigenvalue weighted by Crippen LogP contribution is -2.28. The van der Waals surface area contributed by atoms with E-state index in [2.05, 4.69) is 32.9 Å². The molecule has 5 heteroatoms. The smallest absolute Gasteiger partial charge is 0.228 e. The predicted molar refractivity (Wildman–Crippen MR) is 73.9 cm³/mol. The van der Waals surface area contributed by atoms with Crippen molar-refractivity contribution in [2.45, 2.75) is 19.8 Å². The van der Waals surface area contributed by atoms with Crippen LogP contribution in [0.5, 0.6) is 0 Å². The first-order valence-corrected chi connectivity index (χ1v) is 6.76. The zero-order chi connectivity index (χ0) is 12.3. The summed E-state index contributed by atoms with van der Waals surface area (Å²) < 4.78 is 6.34. The molecule has 1 fully saturated rings. The molecule has 0 aromatic carbocycles. The summed E-state index contributed by atoms with van der Waals surface area (Å²) in [5, 5.41) is 2.87. The van der Waals surface area contributed by atoms with Crippen LogP contribution in [0.3, 0.4) is 0 Å². The third kappa shape index (κ3) is 3.38. The highest BCUT2D eigenvalue weighted by atomic mass is 127. The number of halogens is 1. The monoisotopic (exact) mass is 346 g/mol. The maximum Gasteiger partial charge on any atom is 0.228 e. The van der Waals surface area contributed by atoms with Crippen LogP contribution in [0.25, 0.3) is 0 Å². The number of carbonyl (C=O) groups excluding carboxylic acids is 1. The molecule has 2 heterocycles. The van der Waals surface area contributed by atoms with Crippen molar-refractivity contribution in [1.82, 2.24) is 4.98 Å². The van der Waals surface area contributed by atoms with Gasteiger partial charge < -0.3 is 10.1 Å². The SMILES string of the molecule is Cc1nc(NC(=O)C2CCOCC2)ccc1I. The van der Waals surface area contributed by atoms with Gasteiger partial charge in [0.05, 0.1) is 5.69 Å². The first kappa shape index (κ1) is 12.8. The molecule has 0 unspecified atom stereocenters. The summed E-state index contributed by atoms with van der Waals surface area (Å²) in [6, 6.07) is 3.80. The second-order valence-corrected chi connectivity index (χ2v) is 5.30. The topological polar surface area (TPSA) is 51.2 Å². The van der Waals surface area contributed by atoms with Crippen molar-refractivity contribution in [3.8, 4) is 0 Å². The largest absolute Gasteiger partial charge is 0.381 e. The highest BCUT2D eigenvalue weighted by Gasteiger charge is 2.21. The average Bonchev–Trinajstić information content (AvgIpc) is 2.35. The lowest BCUT2D eigenvalue weighted by Gasteiger charge is -2.21. The Bertz CT molecular complexity index is 417. The molecule has 0 saturated carbocycles. The van der Waals surface area contributed by atoms with Crippen LogP contribution in [0.4, 0.5) is 5.82 Å². The molecule has 1 aromatic heterocycles. The quantitative estimate of drug-likeness (QED) is 0.837. The third-order valence-corrected chi connectivity index (χ3v) is 4.00. The second kappa shape index (κ2) is 5.77. The van der Waals surface area contributed by atoms with E-state index >= 15 is 0 Å². The highest BCUT2D eigenvalue weighted by Crippen LogP contribution is 2.18. The van der Waals surface area contributed by atoms with Gasteiger partial charge in [0.1, 0.15) is 5.82 Å². The molecule has 1 aliphatic rings. The molecule has 1 aliphatic heterocycles. The Kier molecular flexibility index (Phi) is 4.33. The maximum atomic E-state index is 12.0. The van der Waals surface area contributed by atoms with Crippen LogP contribution in [0.15, 0.2) is 12.1 Å². The van der Waals surface area contributed by atoms with E-state index < -0.39 is 0 Å². The van der Waals surface area contributed by atoms with Gasteiger partial charge in [-0.05, 0) is 54.5 Å². The number of nitrogens with one attached hydrogen (secondary N) is 1. The van der Waals surface area contributed by atoms with Crippen molar-refractivity contribution in [3.63, 3.8) is 0 Å². The summed E-state index contributed by atoms with van der Waals surface area (Å²) >= 11 is 2.23. The molecule has 0 atom stereocenters. The van der Waals surface area contributed by atoms with Gasteiger partial charge in [-0.3, -0.25) is 4.79 Å². The fourth-order valence-corrected chi connectivity index (χ4v) is 2.10. The van der Waals surface area contributed by atoms with Crippen LogP contribution < -0.4 is 5.32 Å². The number of hydrogen-bond acceptors (Lipinski definition) is 3. The number of pyridine rings is 1. The fraction of sp³-hybridized carbons (Fsp3) is 0.500. The molecule has 0 bridgehead atoms. The van der Waals surface area contributed by atoms with Crippen LogP contribution in [0.2, 0.25) is 0 Å². The minimum Gasteiger partial charge on any atom is -0.381 e. The molecule has 1 aromatic rings. The van der Waals surface area contributed by atoms with E-state index in [1.165, 1.54) is 0 Å². The lowest BCUT2D eigenvalue weighted by atomic mass is 9.99. The van der Waals surface area contributed by atoms with Gasteiger partial charge in [-0.15, -0.1) is 0 Å². The number of carbonyl (C=O) groups is 1. The molecule has 0 aliphatic carbocycles. The van der Waals surface area contributed by atoms with Crippen LogP contribution in [-0.4, -0.2) is 24.1 Å². The standard InChI is InChI=1S/C12H15IN2O2/c1-8-10(13)2-3-11(14-8)15-12(16)9-4-6-17-7-5-9/h2-3,9H,4-7H2,1H3,(H,14,15,16). The van der Waals surface area contributed by atoms with E-state index in [4.69, 9.17) is 4.74 Å². The van der Waals surface area contributed by atoms with Crippen molar-refractivity contribution >= 4 is 34.3 Å². The average molecular weight is 346 g/mol. The Balaban J connectivity index is 1.99. The summed E-state index contributed by atoms with van der Waals surface area (Å²) in [7, 11) is 0. The molecule has 17 heavy (non-hydrogen) atoms. The Labute approximate surface area is 114 Å². The van der Waals surface area contributed by atoms with E-state index in [9.17, 15) is 4.79 Å². The van der Waals surface area contributed by atoms with Gasteiger partial charge in [0.25, 0.3) is 0 Å². The summed E-state index contributed by atoms with van der Waals surface area (Å²) in [4.78, 5) is 16.3. The molecular weight excluding hydrogens is 331 g/mol. The van der Waals surface area contributed by atoms with E-state index in [0.29, 0.717) is 19.0 Å². The van der Waals surface area contributed by atoms with Gasteiger partial charge in [-0.2, -0.15) is 0 Å². The molecule has 1 saturated heterocycles. The van der Waals surface area contributed by atoms with Crippen molar-refractivity contribution in [3.05, 3.63) is 21.4 Å². The van der Waals surface area contributed by atoms with Crippen LogP contribution in [0, 0.1) is 16.4 Å². The van der Waals surface area contributed by atoms with Crippen LogP contribution in [-0.2, 0) is 9.53 Å². The molecule has 0 radical (unpaired) electrons. The zero-order valence-corrected chi connectivity index (χ0v) is 11.9. The summed E-state index contributed by atoms with van der Waals surface area (Å²) in [5.41, 5.74) is 0.940. The number of nitrogens with zero attached hydrogens (tertiary/aromatic N) is 1. The maximum absolute atomic E-state index is 12.0. The third-order valence-electron chi connectivity index (χ3n) is 2.86. The summed E-state index contributed by atoms with van der Waals surface area (Å²) in [5.74, 6) is 0.756. The number of ether oxygens (including phenoxy) is 1. The first-order valence-electron chi connectivity index (χ1n) is 5.68. The van der Waals surface area contributed by atoms with Gasteiger partial charge in [-0.1, -0.05) is 0 Å². The van der Waals surface area contributed by atoms with Gasteiger partial charge >= 0.3 is 0 Å². The molecule has 2 rings (SSSR count). The minimum absolute atomic E-state index is 0.0569. The number of amides is 1. The van der Waals surface area contributed by atoms with Crippen LogP contribution >= 0.6 is 22.6 Å². The van der Waals surface area contributed by atoms with E-state index in [-0.39, 0.29) is 11.8 Å². The normalized spacial score (nSPS) is 16.8. The van der Waals surface area contributed by atoms with Gasteiger partial charge in [0.2, 0.25) is 5.91 Å². The highest BCUT2D eigenvalue weighted by molar-refractivity contribution is 14.1. The Morgan fingerprint density at radius 1 is 1.47 bits per heavy atom. The van der Waals surface area contributed by atoms with E-state index in [1.54, 1.807) is 0 Å². The molecule has 4 nitrogen and oxygen atoms in total. The number of aromatic nitrogens is 1. The summed E-state index contributed by atoms with van der Waals surface area (Å²) in [6.45, 7) is 3.29. The Morgan fingerprint density at radius 2 is 2.18 bits per heavy atom. The predicted octanol–water partition coefficient (Wildman–Crippen LogP) is 2.36. The Morgan fingerprint density at radius 3 is 2.82 bits per heavy atom. The zero-order valence-electron chi connectivity index (χ0n) is 9.70. The number of anilines is 1. The molecular formula is C12H15IN2O2. The molecule has 1 amide bonds. The number of rotatable bonds is 2. The summed E-state index contributed by atoms with van der Waals surface area (Å²) in [6.07, 6.45) is 1.60. The Hall–Kier alpha value is -0.690. The van der Waals surface area contributed by atoms with Crippen molar-refractivity contribution < 1.29 is 9.53 Å². The van der Waals surface area contributed by atoms with Crippen molar-refractivity contribution in [1.29, 1.82) is 0 Å². The number of hydrogen-bond donors (Lipinski definition) is 1. The van der Waals surface area contributed by atoms with E-state index in [0.717, 1.165) is 22.1 Å². The van der Waals surface area contributed by atoms with Gasteiger partial charge in [0.15, 0.2) is 0 Å². The number of aryl methyl sites for hydroxylation is 1. The second-order valence-electron chi connectivity index (χ2n) is 4.14. The molecule has 0 spiro atoms. The van der Waals surface area contributed by atoms with Crippen molar-refractivity contribution in [2.24, 2.45) is 5.92 Å². The molecule has 92 valence electrons. The van der Waals surface area contributed by atoms with Gasteiger partial charge in [-0.25, -0.2) is 4.98 Å². The fourth-order valence-electron chi connectivity index (χ4n) is 1.80. The first-order chi connectivity index (χ1) is 8.16.